The highest BCUT2D eigenvalue weighted by molar-refractivity contribution is 7.80. The van der Waals surface area contributed by atoms with E-state index in [1.807, 2.05) is 13.8 Å². The van der Waals surface area contributed by atoms with Gasteiger partial charge in [-0.3, -0.25) is 9.59 Å². The molecule has 5 N–H and O–H groups in total. The molecule has 0 aromatic carbocycles. The van der Waals surface area contributed by atoms with Crippen molar-refractivity contribution in [2.24, 2.45) is 11.7 Å². The molecule has 0 aromatic rings. The summed E-state index contributed by atoms with van der Waals surface area (Å²) in [5.74, 6) is -2.01. The van der Waals surface area contributed by atoms with E-state index in [0.29, 0.717) is 6.42 Å². The van der Waals surface area contributed by atoms with Crippen LogP contribution in [0.15, 0.2) is 0 Å². The molecule has 0 aromatic heterocycles. The van der Waals surface area contributed by atoms with Gasteiger partial charge < -0.3 is 21.5 Å². The van der Waals surface area contributed by atoms with Gasteiger partial charge in [-0.05, 0) is 19.3 Å². The smallest absolute Gasteiger partial charge is 0.326 e. The zero-order chi connectivity index (χ0) is 15.9. The lowest BCUT2D eigenvalue weighted by Gasteiger charge is -2.21. The first kappa shape index (κ1) is 18.7. The summed E-state index contributed by atoms with van der Waals surface area (Å²) in [7, 11) is 0. The quantitative estimate of drug-likeness (QED) is 0.382. The zero-order valence-electron chi connectivity index (χ0n) is 11.9. The predicted molar refractivity (Wildman–Crippen MR) is 78.5 cm³/mol. The Labute approximate surface area is 124 Å². The Hall–Kier alpha value is -1.28. The van der Waals surface area contributed by atoms with E-state index < -0.39 is 35.9 Å². The van der Waals surface area contributed by atoms with Gasteiger partial charge in [0.25, 0.3) is 0 Å². The molecule has 0 aliphatic carbocycles. The molecule has 0 aliphatic rings. The Balaban J connectivity index is 4.66. The van der Waals surface area contributed by atoms with Crippen LogP contribution in [0.2, 0.25) is 0 Å². The standard InChI is InChI=1S/C12H23N3O4S/c1-6(2)4-8(12(18)19)14-11(17)9(5-20)15-10(16)7(3)13/h6-9,20H,4-5,13H2,1-3H3,(H,14,17)(H,15,16)(H,18,19)/t7-,8-,9-/m0/s1. The highest BCUT2D eigenvalue weighted by Crippen LogP contribution is 2.05. The van der Waals surface area contributed by atoms with Crippen molar-refractivity contribution in [3.63, 3.8) is 0 Å². The largest absolute Gasteiger partial charge is 0.480 e. The third-order valence-electron chi connectivity index (χ3n) is 2.55. The molecule has 0 spiro atoms. The van der Waals surface area contributed by atoms with Crippen LogP contribution in [0.3, 0.4) is 0 Å². The Morgan fingerprint density at radius 2 is 1.60 bits per heavy atom. The van der Waals surface area contributed by atoms with E-state index in [-0.39, 0.29) is 11.7 Å². The van der Waals surface area contributed by atoms with Gasteiger partial charge in [-0.25, -0.2) is 4.79 Å². The lowest BCUT2D eigenvalue weighted by molar-refractivity contribution is -0.142. The minimum absolute atomic E-state index is 0.0539. The van der Waals surface area contributed by atoms with Gasteiger partial charge >= 0.3 is 5.97 Å². The summed E-state index contributed by atoms with van der Waals surface area (Å²) in [6.45, 7) is 5.20. The van der Waals surface area contributed by atoms with Crippen LogP contribution in [-0.4, -0.2) is 46.8 Å². The van der Waals surface area contributed by atoms with Gasteiger partial charge in [0.05, 0.1) is 6.04 Å². The van der Waals surface area contributed by atoms with Crippen molar-refractivity contribution < 1.29 is 19.5 Å². The first-order valence-corrected chi connectivity index (χ1v) is 7.02. The molecule has 20 heavy (non-hydrogen) atoms. The number of hydrogen-bond donors (Lipinski definition) is 5. The Morgan fingerprint density at radius 3 is 1.95 bits per heavy atom. The Bertz CT molecular complexity index is 361. The first-order chi connectivity index (χ1) is 9.18. The van der Waals surface area contributed by atoms with Crippen LogP contribution in [0.25, 0.3) is 0 Å². The van der Waals surface area contributed by atoms with Gasteiger partial charge in [0.2, 0.25) is 11.8 Å². The number of carboxylic acids is 1. The number of hydrogen-bond acceptors (Lipinski definition) is 5. The molecule has 0 heterocycles. The van der Waals surface area contributed by atoms with Crippen LogP contribution in [0, 0.1) is 5.92 Å². The second kappa shape index (κ2) is 8.80. The number of amides is 2. The van der Waals surface area contributed by atoms with Crippen LogP contribution in [0.4, 0.5) is 0 Å². The molecule has 0 saturated carbocycles. The van der Waals surface area contributed by atoms with Gasteiger partial charge in [0.1, 0.15) is 12.1 Å². The van der Waals surface area contributed by atoms with Crippen LogP contribution < -0.4 is 16.4 Å². The average molecular weight is 305 g/mol. The number of nitrogens with one attached hydrogen (secondary N) is 2. The number of carbonyl (C=O) groups is 3. The highest BCUT2D eigenvalue weighted by atomic mass is 32.1. The number of carbonyl (C=O) groups excluding carboxylic acids is 2. The maximum Gasteiger partial charge on any atom is 0.326 e. The van der Waals surface area contributed by atoms with E-state index in [1.165, 1.54) is 6.92 Å². The van der Waals surface area contributed by atoms with Crippen LogP contribution in [-0.2, 0) is 14.4 Å². The summed E-state index contributed by atoms with van der Waals surface area (Å²) in [6, 6.07) is -2.65. The summed E-state index contributed by atoms with van der Waals surface area (Å²) in [5.41, 5.74) is 5.39. The van der Waals surface area contributed by atoms with Crippen molar-refractivity contribution in [2.45, 2.75) is 45.3 Å². The SMILES string of the molecule is CC(C)C[C@H](NC(=O)[C@H](CS)NC(=O)[C@H](C)N)C(=O)O. The van der Waals surface area contributed by atoms with Gasteiger partial charge in [-0.2, -0.15) is 12.6 Å². The molecule has 116 valence electrons. The van der Waals surface area contributed by atoms with Crippen LogP contribution >= 0.6 is 12.6 Å². The van der Waals surface area contributed by atoms with E-state index >= 15 is 0 Å². The van der Waals surface area contributed by atoms with Crippen molar-refractivity contribution in [2.75, 3.05) is 5.75 Å². The molecule has 0 aliphatic heterocycles. The molecule has 7 nitrogen and oxygen atoms in total. The molecule has 3 atom stereocenters. The minimum atomic E-state index is -1.11. The number of aliphatic carboxylic acids is 1. The molecular formula is C12H23N3O4S. The van der Waals surface area contributed by atoms with Crippen molar-refractivity contribution >= 4 is 30.4 Å². The number of thiol groups is 1. The van der Waals surface area contributed by atoms with Crippen molar-refractivity contribution in [1.29, 1.82) is 0 Å². The van der Waals surface area contributed by atoms with Gasteiger partial charge in [-0.15, -0.1) is 0 Å². The fourth-order valence-electron chi connectivity index (χ4n) is 1.46. The lowest BCUT2D eigenvalue weighted by Crippen LogP contribution is -2.55. The maximum atomic E-state index is 11.9. The second-order valence-corrected chi connectivity index (χ2v) is 5.43. The minimum Gasteiger partial charge on any atom is -0.480 e. The molecule has 0 unspecified atom stereocenters. The Morgan fingerprint density at radius 1 is 1.10 bits per heavy atom. The van der Waals surface area contributed by atoms with Crippen LogP contribution in [0.1, 0.15) is 27.2 Å². The van der Waals surface area contributed by atoms with Gasteiger partial charge in [0.15, 0.2) is 0 Å². The molecule has 0 bridgehead atoms. The molecule has 0 radical (unpaired) electrons. The fourth-order valence-corrected chi connectivity index (χ4v) is 1.72. The topological polar surface area (TPSA) is 122 Å². The molecule has 8 heteroatoms. The van der Waals surface area contributed by atoms with E-state index in [0.717, 1.165) is 0 Å². The summed E-state index contributed by atoms with van der Waals surface area (Å²) >= 11 is 3.98. The molecule has 0 fully saturated rings. The summed E-state index contributed by atoms with van der Waals surface area (Å²) in [6.07, 6.45) is 0.307. The summed E-state index contributed by atoms with van der Waals surface area (Å²) in [4.78, 5) is 34.5. The molecule has 0 rings (SSSR count). The summed E-state index contributed by atoms with van der Waals surface area (Å²) < 4.78 is 0. The molecule has 0 saturated heterocycles. The van der Waals surface area contributed by atoms with E-state index in [4.69, 9.17) is 10.8 Å². The van der Waals surface area contributed by atoms with Crippen molar-refractivity contribution in [1.82, 2.24) is 10.6 Å². The number of rotatable bonds is 8. The third-order valence-corrected chi connectivity index (χ3v) is 2.92. The highest BCUT2D eigenvalue weighted by Gasteiger charge is 2.26. The maximum absolute atomic E-state index is 11.9. The zero-order valence-corrected chi connectivity index (χ0v) is 12.8. The number of nitrogens with two attached hydrogens (primary N) is 1. The monoisotopic (exact) mass is 305 g/mol. The Kier molecular flexibility index (Phi) is 8.24. The van der Waals surface area contributed by atoms with Gasteiger partial charge in [0, 0.05) is 5.75 Å². The van der Waals surface area contributed by atoms with E-state index in [9.17, 15) is 14.4 Å². The van der Waals surface area contributed by atoms with Gasteiger partial charge in [-0.1, -0.05) is 13.8 Å². The van der Waals surface area contributed by atoms with Crippen molar-refractivity contribution in [3.05, 3.63) is 0 Å². The molecular weight excluding hydrogens is 282 g/mol. The normalized spacial score (nSPS) is 15.3. The van der Waals surface area contributed by atoms with E-state index in [1.54, 1.807) is 0 Å². The summed E-state index contributed by atoms with van der Waals surface area (Å²) in [5, 5.41) is 13.9. The average Bonchev–Trinajstić information content (AvgIpc) is 2.33. The van der Waals surface area contributed by atoms with E-state index in [2.05, 4.69) is 23.3 Å². The van der Waals surface area contributed by atoms with Crippen molar-refractivity contribution in [3.8, 4) is 0 Å². The number of carboxylic acid groups (broad SMARTS) is 1. The fraction of sp³-hybridized carbons (Fsp3) is 0.750. The second-order valence-electron chi connectivity index (χ2n) is 5.06. The predicted octanol–water partition coefficient (Wildman–Crippen LogP) is -0.636. The molecule has 2 amide bonds. The third kappa shape index (κ3) is 6.76. The lowest BCUT2D eigenvalue weighted by atomic mass is 10.0. The van der Waals surface area contributed by atoms with Crippen LogP contribution in [0.5, 0.6) is 0 Å². The first-order valence-electron chi connectivity index (χ1n) is 6.39.